The largest absolute Gasteiger partial charge is 0.462 e. The molecule has 1 N–H and O–H groups in total. The number of hydrogen-bond donors (Lipinski definition) is 1. The van der Waals surface area contributed by atoms with Gasteiger partial charge in [-0.25, -0.2) is 17.9 Å². The Balaban J connectivity index is 2.64. The van der Waals surface area contributed by atoms with E-state index in [0.29, 0.717) is 12.8 Å². The molecule has 0 bridgehead atoms. The highest BCUT2D eigenvalue weighted by Crippen LogP contribution is 2.11. The molecule has 0 saturated carbocycles. The average Bonchev–Trinajstić information content (AvgIpc) is 2.51. The number of unbranched alkanes of at least 4 members (excludes halogenated alkanes) is 1. The first-order chi connectivity index (χ1) is 10.5. The van der Waals surface area contributed by atoms with Crippen LogP contribution in [0, 0.1) is 22.7 Å². The lowest BCUT2D eigenvalue weighted by atomic mass is 10.2. The van der Waals surface area contributed by atoms with E-state index < -0.39 is 16.0 Å². The second-order valence-corrected chi connectivity index (χ2v) is 5.99. The van der Waals surface area contributed by atoms with Crippen molar-refractivity contribution >= 4 is 16.0 Å². The zero-order valence-electron chi connectivity index (χ0n) is 11.8. The summed E-state index contributed by atoms with van der Waals surface area (Å²) in [5, 5.41) is 16.7. The van der Waals surface area contributed by atoms with Crippen LogP contribution in [0.2, 0.25) is 0 Å². The molecule has 0 aliphatic carbocycles. The van der Waals surface area contributed by atoms with Crippen LogP contribution in [0.5, 0.6) is 0 Å². The topological polar surface area (TPSA) is 120 Å². The highest BCUT2D eigenvalue weighted by atomic mass is 32.2. The lowest BCUT2D eigenvalue weighted by Gasteiger charge is -2.06. The summed E-state index contributed by atoms with van der Waals surface area (Å²) >= 11 is 0. The highest BCUT2D eigenvalue weighted by molar-refractivity contribution is 7.89. The molecule has 0 radical (unpaired) electrons. The Hall–Kier alpha value is -2.42. The summed E-state index contributed by atoms with van der Waals surface area (Å²) in [5.74, 6) is -0.570. The predicted octanol–water partition coefficient (Wildman–Crippen LogP) is 1.34. The van der Waals surface area contributed by atoms with Crippen molar-refractivity contribution in [1.82, 2.24) is 4.72 Å². The average molecular weight is 321 g/mol. The van der Waals surface area contributed by atoms with Crippen LogP contribution in [0.25, 0.3) is 0 Å². The summed E-state index contributed by atoms with van der Waals surface area (Å²) in [4.78, 5) is 11.7. The number of carbonyl (C=O) groups excluding carboxylic acids is 1. The molecule has 0 aliphatic rings. The molecule has 7 nitrogen and oxygen atoms in total. The third-order valence-electron chi connectivity index (χ3n) is 2.60. The summed E-state index contributed by atoms with van der Waals surface area (Å²) in [6.07, 6.45) is 0.836. The van der Waals surface area contributed by atoms with Gasteiger partial charge >= 0.3 is 5.97 Å². The van der Waals surface area contributed by atoms with Crippen LogP contribution >= 0.6 is 0 Å². The minimum absolute atomic E-state index is 0.00599. The molecule has 1 rings (SSSR count). The van der Waals surface area contributed by atoms with E-state index in [0.717, 1.165) is 0 Å². The standard InChI is InChI=1S/C14H15N3O4S/c15-8-1-2-11-21-14(18)12-4-6-13(7-5-12)22(19,20)17-10-3-9-16/h4-7,17H,1-3,10-11H2. The molecule has 0 aliphatic heterocycles. The van der Waals surface area contributed by atoms with E-state index in [2.05, 4.69) is 4.72 Å². The molecular formula is C14H15N3O4S. The van der Waals surface area contributed by atoms with Crippen LogP contribution < -0.4 is 4.72 Å². The lowest BCUT2D eigenvalue weighted by Crippen LogP contribution is -2.24. The number of carbonyl (C=O) groups is 1. The maximum absolute atomic E-state index is 11.9. The first-order valence-electron chi connectivity index (χ1n) is 6.52. The highest BCUT2D eigenvalue weighted by Gasteiger charge is 2.14. The fraction of sp³-hybridized carbons (Fsp3) is 0.357. The minimum Gasteiger partial charge on any atom is -0.462 e. The molecule has 8 heteroatoms. The van der Waals surface area contributed by atoms with E-state index in [1.807, 2.05) is 12.1 Å². The van der Waals surface area contributed by atoms with Gasteiger partial charge in [-0.15, -0.1) is 0 Å². The molecule has 1 aromatic rings. The Bertz CT molecular complexity index is 684. The molecule has 0 amide bonds. The molecule has 0 unspecified atom stereocenters. The van der Waals surface area contributed by atoms with Gasteiger partial charge in [0.15, 0.2) is 0 Å². The van der Waals surface area contributed by atoms with Gasteiger partial charge in [0.2, 0.25) is 10.0 Å². The van der Waals surface area contributed by atoms with E-state index in [9.17, 15) is 13.2 Å². The van der Waals surface area contributed by atoms with Crippen LogP contribution in [0.4, 0.5) is 0 Å². The minimum atomic E-state index is -3.69. The van der Waals surface area contributed by atoms with E-state index in [-0.39, 0.29) is 30.0 Å². The number of hydrogen-bond acceptors (Lipinski definition) is 6. The Morgan fingerprint density at radius 1 is 1.14 bits per heavy atom. The molecule has 0 spiro atoms. The van der Waals surface area contributed by atoms with Crippen molar-refractivity contribution in [3.63, 3.8) is 0 Å². The lowest BCUT2D eigenvalue weighted by molar-refractivity contribution is 0.0501. The maximum Gasteiger partial charge on any atom is 0.338 e. The smallest absolute Gasteiger partial charge is 0.338 e. The third kappa shape index (κ3) is 5.52. The van der Waals surface area contributed by atoms with E-state index in [1.165, 1.54) is 24.3 Å². The number of nitrogens with one attached hydrogen (secondary N) is 1. The number of rotatable bonds is 8. The van der Waals surface area contributed by atoms with Crippen molar-refractivity contribution in [1.29, 1.82) is 10.5 Å². The van der Waals surface area contributed by atoms with Gasteiger partial charge in [0.05, 0.1) is 29.2 Å². The van der Waals surface area contributed by atoms with Crippen LogP contribution in [-0.4, -0.2) is 27.5 Å². The van der Waals surface area contributed by atoms with E-state index in [4.69, 9.17) is 15.3 Å². The van der Waals surface area contributed by atoms with Gasteiger partial charge in [0, 0.05) is 19.4 Å². The van der Waals surface area contributed by atoms with Crippen molar-refractivity contribution in [3.8, 4) is 12.1 Å². The van der Waals surface area contributed by atoms with Crippen molar-refractivity contribution in [2.24, 2.45) is 0 Å². The van der Waals surface area contributed by atoms with Crippen molar-refractivity contribution in [2.75, 3.05) is 13.2 Å². The molecular weight excluding hydrogens is 306 g/mol. The number of nitriles is 2. The summed E-state index contributed by atoms with van der Waals surface area (Å²) < 4.78 is 30.9. The number of benzene rings is 1. The summed E-state index contributed by atoms with van der Waals surface area (Å²) in [6.45, 7) is 0.170. The first kappa shape index (κ1) is 17.6. The van der Waals surface area contributed by atoms with Crippen LogP contribution in [-0.2, 0) is 14.8 Å². The third-order valence-corrected chi connectivity index (χ3v) is 4.07. The Morgan fingerprint density at radius 3 is 2.36 bits per heavy atom. The number of sulfonamides is 1. The fourth-order valence-electron chi connectivity index (χ4n) is 1.49. The maximum atomic E-state index is 11.9. The van der Waals surface area contributed by atoms with Crippen LogP contribution in [0.1, 0.15) is 29.6 Å². The molecule has 0 saturated heterocycles. The van der Waals surface area contributed by atoms with Crippen molar-refractivity contribution < 1.29 is 17.9 Å². The van der Waals surface area contributed by atoms with Gasteiger partial charge in [-0.1, -0.05) is 0 Å². The van der Waals surface area contributed by atoms with Crippen LogP contribution in [0.15, 0.2) is 29.2 Å². The monoisotopic (exact) mass is 321 g/mol. The van der Waals surface area contributed by atoms with Gasteiger partial charge in [-0.2, -0.15) is 10.5 Å². The number of esters is 1. The predicted molar refractivity (Wildman–Crippen MR) is 77.0 cm³/mol. The quantitative estimate of drug-likeness (QED) is 0.570. The molecule has 22 heavy (non-hydrogen) atoms. The second kappa shape index (κ2) is 8.78. The first-order valence-corrected chi connectivity index (χ1v) is 8.00. The molecule has 0 heterocycles. The van der Waals surface area contributed by atoms with Gasteiger partial charge in [0.25, 0.3) is 0 Å². The fourth-order valence-corrected chi connectivity index (χ4v) is 2.53. The van der Waals surface area contributed by atoms with Gasteiger partial charge < -0.3 is 4.74 Å². The molecule has 1 aromatic carbocycles. The Labute approximate surface area is 129 Å². The van der Waals surface area contributed by atoms with Crippen molar-refractivity contribution in [3.05, 3.63) is 29.8 Å². The Kier molecular flexibility index (Phi) is 7.03. The van der Waals surface area contributed by atoms with Crippen LogP contribution in [0.3, 0.4) is 0 Å². The van der Waals surface area contributed by atoms with Crippen molar-refractivity contribution in [2.45, 2.75) is 24.2 Å². The van der Waals surface area contributed by atoms with Gasteiger partial charge in [-0.05, 0) is 30.7 Å². The zero-order valence-corrected chi connectivity index (χ0v) is 12.6. The van der Waals surface area contributed by atoms with E-state index in [1.54, 1.807) is 0 Å². The number of ether oxygens (including phenoxy) is 1. The zero-order chi connectivity index (χ0) is 16.4. The molecule has 0 aromatic heterocycles. The van der Waals surface area contributed by atoms with E-state index >= 15 is 0 Å². The summed E-state index contributed by atoms with van der Waals surface area (Å²) in [6, 6.07) is 9.07. The summed E-state index contributed by atoms with van der Waals surface area (Å²) in [7, 11) is -3.69. The summed E-state index contributed by atoms with van der Waals surface area (Å²) in [5.41, 5.74) is 0.230. The number of nitrogens with zero attached hydrogens (tertiary/aromatic N) is 2. The molecule has 0 fully saturated rings. The second-order valence-electron chi connectivity index (χ2n) is 4.23. The Morgan fingerprint density at radius 2 is 1.77 bits per heavy atom. The van der Waals surface area contributed by atoms with Gasteiger partial charge in [0.1, 0.15) is 0 Å². The molecule has 0 atom stereocenters. The normalized spacial score (nSPS) is 10.5. The molecule has 116 valence electrons. The van der Waals surface area contributed by atoms with Gasteiger partial charge in [-0.3, -0.25) is 0 Å². The SMILES string of the molecule is N#CCCCOC(=O)c1ccc(S(=O)(=O)NCCC#N)cc1.